The molecular weight excluding hydrogens is 156 g/mol. The highest BCUT2D eigenvalue weighted by molar-refractivity contribution is 5.81. The molecule has 0 aliphatic carbocycles. The van der Waals surface area contributed by atoms with Gasteiger partial charge in [-0.15, -0.1) is 0 Å². The van der Waals surface area contributed by atoms with Crippen molar-refractivity contribution in [3.8, 4) is 12.4 Å². The molecule has 0 saturated heterocycles. The van der Waals surface area contributed by atoms with Crippen molar-refractivity contribution in [1.29, 1.82) is 10.5 Å². The average molecular weight is 166 g/mol. The van der Waals surface area contributed by atoms with Crippen molar-refractivity contribution in [3.63, 3.8) is 0 Å². The normalized spacial score (nSPS) is 10.6. The molecule has 1 atom stereocenters. The van der Waals surface area contributed by atoms with Crippen molar-refractivity contribution in [3.05, 3.63) is 0 Å². The molecule has 0 aliphatic heterocycles. The topological polar surface area (TPSA) is 88.7 Å². The average Bonchev–Trinajstić information content (AvgIpc) is 2.03. The Morgan fingerprint density at radius 3 is 2.58 bits per heavy atom. The Morgan fingerprint density at radius 1 is 1.50 bits per heavy atom. The molecule has 0 aromatic carbocycles. The van der Waals surface area contributed by atoms with Crippen LogP contribution in [0.2, 0.25) is 0 Å². The van der Waals surface area contributed by atoms with E-state index < -0.39 is 6.04 Å². The highest BCUT2D eigenvalue weighted by atomic mass is 16.1. The maximum absolute atomic E-state index is 10.8. The van der Waals surface area contributed by atoms with E-state index >= 15 is 0 Å². The van der Waals surface area contributed by atoms with Crippen molar-refractivity contribution < 1.29 is 4.79 Å². The quantitative estimate of drug-likeness (QED) is 0.326. The van der Waals surface area contributed by atoms with Crippen LogP contribution >= 0.6 is 0 Å². The van der Waals surface area contributed by atoms with Gasteiger partial charge in [0.1, 0.15) is 0 Å². The van der Waals surface area contributed by atoms with E-state index in [9.17, 15) is 4.79 Å². The lowest BCUT2D eigenvalue weighted by Crippen LogP contribution is -2.34. The third-order valence-corrected chi connectivity index (χ3v) is 1.37. The zero-order valence-electron chi connectivity index (χ0n) is 6.79. The number of hydrogen-bond acceptors (Lipinski definition) is 5. The molecule has 0 rings (SSSR count). The summed E-state index contributed by atoms with van der Waals surface area (Å²) >= 11 is 0. The highest BCUT2D eigenvalue weighted by Crippen LogP contribution is 1.91. The highest BCUT2D eigenvalue weighted by Gasteiger charge is 2.11. The molecule has 64 valence electrons. The Morgan fingerprint density at radius 2 is 2.17 bits per heavy atom. The standard InChI is InChI=1S/C7H10N4O/c1-6(12)7(11-5-9)2-3-10-4-8/h7,10-11H,2-3H2,1H3. The van der Waals surface area contributed by atoms with Gasteiger partial charge in [0.25, 0.3) is 0 Å². The number of Topliss-reactive ketones (excluding diaryl/α,β-unsaturated/α-hetero) is 1. The summed E-state index contributed by atoms with van der Waals surface area (Å²) in [4.78, 5) is 10.8. The molecule has 12 heavy (non-hydrogen) atoms. The number of ketones is 1. The van der Waals surface area contributed by atoms with Crippen LogP contribution in [0.3, 0.4) is 0 Å². The van der Waals surface area contributed by atoms with Crippen molar-refractivity contribution in [1.82, 2.24) is 10.6 Å². The summed E-state index contributed by atoms with van der Waals surface area (Å²) in [5, 5.41) is 21.1. The smallest absolute Gasteiger partial charge is 0.177 e. The summed E-state index contributed by atoms with van der Waals surface area (Å²) in [6.07, 6.45) is 3.87. The van der Waals surface area contributed by atoms with Gasteiger partial charge in [-0.2, -0.15) is 10.5 Å². The van der Waals surface area contributed by atoms with Crippen LogP contribution < -0.4 is 10.6 Å². The van der Waals surface area contributed by atoms with Gasteiger partial charge in [0.2, 0.25) is 0 Å². The van der Waals surface area contributed by atoms with E-state index in [0.29, 0.717) is 13.0 Å². The summed E-state index contributed by atoms with van der Waals surface area (Å²) in [7, 11) is 0. The predicted octanol–water partition coefficient (Wildman–Crippen LogP) is -0.525. The number of rotatable bonds is 5. The van der Waals surface area contributed by atoms with E-state index in [1.165, 1.54) is 6.92 Å². The number of nitrogens with zero attached hydrogens (tertiary/aromatic N) is 2. The Balaban J connectivity index is 3.75. The lowest BCUT2D eigenvalue weighted by Gasteiger charge is -2.09. The number of nitrogens with one attached hydrogen (secondary N) is 2. The minimum atomic E-state index is -0.476. The SMILES string of the molecule is CC(=O)C(CCNC#N)NC#N. The number of nitriles is 2. The van der Waals surface area contributed by atoms with Crippen LogP contribution in [0.5, 0.6) is 0 Å². The summed E-state index contributed by atoms with van der Waals surface area (Å²) in [6.45, 7) is 1.80. The molecule has 0 saturated carbocycles. The van der Waals surface area contributed by atoms with Crippen molar-refractivity contribution in [2.24, 2.45) is 0 Å². The van der Waals surface area contributed by atoms with E-state index in [0.717, 1.165) is 0 Å². The summed E-state index contributed by atoms with van der Waals surface area (Å²) < 4.78 is 0. The number of carbonyl (C=O) groups excluding carboxylic acids is 1. The molecule has 0 heterocycles. The molecule has 5 heteroatoms. The van der Waals surface area contributed by atoms with Crippen LogP contribution in [0.4, 0.5) is 0 Å². The Kier molecular flexibility index (Phi) is 5.12. The maximum Gasteiger partial charge on any atom is 0.177 e. The fourth-order valence-electron chi connectivity index (χ4n) is 0.727. The first-order chi connectivity index (χ1) is 5.72. The van der Waals surface area contributed by atoms with Crippen LogP contribution in [-0.2, 0) is 4.79 Å². The second kappa shape index (κ2) is 5.99. The summed E-state index contributed by atoms with van der Waals surface area (Å²) in [6, 6.07) is -0.476. The van der Waals surface area contributed by atoms with Crippen LogP contribution in [0.1, 0.15) is 13.3 Å². The molecule has 5 nitrogen and oxygen atoms in total. The van der Waals surface area contributed by atoms with Crippen LogP contribution in [-0.4, -0.2) is 18.4 Å². The van der Waals surface area contributed by atoms with Gasteiger partial charge in [0.15, 0.2) is 18.2 Å². The zero-order chi connectivity index (χ0) is 9.40. The van der Waals surface area contributed by atoms with Crippen LogP contribution in [0, 0.1) is 22.9 Å². The van der Waals surface area contributed by atoms with E-state index in [2.05, 4.69) is 10.6 Å². The molecule has 0 amide bonds. The molecular formula is C7H10N4O. The molecule has 0 aromatic heterocycles. The van der Waals surface area contributed by atoms with Gasteiger partial charge in [-0.25, -0.2) is 0 Å². The summed E-state index contributed by atoms with van der Waals surface area (Å²) in [5.74, 6) is -0.101. The lowest BCUT2D eigenvalue weighted by atomic mass is 10.1. The summed E-state index contributed by atoms with van der Waals surface area (Å²) in [5.41, 5.74) is 0. The largest absolute Gasteiger partial charge is 0.324 e. The van der Waals surface area contributed by atoms with Gasteiger partial charge in [0, 0.05) is 6.54 Å². The zero-order valence-corrected chi connectivity index (χ0v) is 6.79. The first-order valence-corrected chi connectivity index (χ1v) is 3.49. The third kappa shape index (κ3) is 4.13. The third-order valence-electron chi connectivity index (χ3n) is 1.37. The first-order valence-electron chi connectivity index (χ1n) is 3.49. The first kappa shape index (κ1) is 10.2. The Hall–Kier alpha value is -1.75. The van der Waals surface area contributed by atoms with Crippen molar-refractivity contribution in [2.45, 2.75) is 19.4 Å². The fourth-order valence-corrected chi connectivity index (χ4v) is 0.727. The molecule has 2 N–H and O–H groups in total. The van der Waals surface area contributed by atoms with E-state index in [1.54, 1.807) is 12.4 Å². The monoisotopic (exact) mass is 166 g/mol. The van der Waals surface area contributed by atoms with Gasteiger partial charge in [-0.1, -0.05) is 0 Å². The van der Waals surface area contributed by atoms with Crippen LogP contribution in [0.15, 0.2) is 0 Å². The molecule has 0 aromatic rings. The lowest BCUT2D eigenvalue weighted by molar-refractivity contribution is -0.118. The van der Waals surface area contributed by atoms with Gasteiger partial charge in [0.05, 0.1) is 6.04 Å². The van der Waals surface area contributed by atoms with Crippen molar-refractivity contribution >= 4 is 5.78 Å². The Labute approximate surface area is 71.0 Å². The molecule has 0 fully saturated rings. The predicted molar refractivity (Wildman–Crippen MR) is 41.5 cm³/mol. The molecule has 0 aliphatic rings. The van der Waals surface area contributed by atoms with E-state index in [-0.39, 0.29) is 5.78 Å². The second-order valence-electron chi connectivity index (χ2n) is 2.25. The molecule has 0 spiro atoms. The van der Waals surface area contributed by atoms with Gasteiger partial charge >= 0.3 is 0 Å². The van der Waals surface area contributed by atoms with Gasteiger partial charge < -0.3 is 10.6 Å². The van der Waals surface area contributed by atoms with E-state index in [1.807, 2.05) is 0 Å². The van der Waals surface area contributed by atoms with E-state index in [4.69, 9.17) is 10.5 Å². The Bertz CT molecular complexity index is 225. The minimum absolute atomic E-state index is 0.101. The van der Waals surface area contributed by atoms with Gasteiger partial charge in [-0.3, -0.25) is 4.79 Å². The second-order valence-corrected chi connectivity index (χ2v) is 2.25. The molecule has 1 unspecified atom stereocenters. The number of carbonyl (C=O) groups is 1. The minimum Gasteiger partial charge on any atom is -0.324 e. The molecule has 0 radical (unpaired) electrons. The maximum atomic E-state index is 10.8. The van der Waals surface area contributed by atoms with Gasteiger partial charge in [-0.05, 0) is 13.3 Å². The van der Waals surface area contributed by atoms with Crippen LogP contribution in [0.25, 0.3) is 0 Å². The molecule has 0 bridgehead atoms. The number of hydrogen-bond donors (Lipinski definition) is 2. The fraction of sp³-hybridized carbons (Fsp3) is 0.571. The van der Waals surface area contributed by atoms with Crippen molar-refractivity contribution in [2.75, 3.05) is 6.54 Å².